The number of carbonyl (C=O) groups is 2. The molecular formula is C30H33N3O6. The summed E-state index contributed by atoms with van der Waals surface area (Å²) in [5.74, 6) is 1.79. The summed E-state index contributed by atoms with van der Waals surface area (Å²) in [6.07, 6.45) is 2.67. The van der Waals surface area contributed by atoms with E-state index in [0.717, 1.165) is 11.1 Å². The smallest absolute Gasteiger partial charge is 0.254 e. The van der Waals surface area contributed by atoms with Crippen LogP contribution in [0.15, 0.2) is 71.8 Å². The molecule has 1 aliphatic rings. The molecule has 39 heavy (non-hydrogen) atoms. The highest BCUT2D eigenvalue weighted by molar-refractivity contribution is 5.95. The summed E-state index contributed by atoms with van der Waals surface area (Å²) < 4.78 is 21.9. The van der Waals surface area contributed by atoms with Crippen molar-refractivity contribution in [3.8, 4) is 23.0 Å². The molecule has 1 aliphatic heterocycles. The third kappa shape index (κ3) is 7.28. The number of benzene rings is 3. The Morgan fingerprint density at radius 3 is 2.23 bits per heavy atom. The molecule has 3 aromatic carbocycles. The Kier molecular flexibility index (Phi) is 9.39. The number of hydrogen-bond donors (Lipinski definition) is 1. The van der Waals surface area contributed by atoms with Crippen LogP contribution in [0.5, 0.6) is 23.0 Å². The Bertz CT molecular complexity index is 1280. The molecule has 0 aliphatic carbocycles. The number of amides is 2. The fourth-order valence-corrected chi connectivity index (χ4v) is 4.34. The lowest BCUT2D eigenvalue weighted by Crippen LogP contribution is -2.42. The normalized spacial score (nSPS) is 13.7. The van der Waals surface area contributed by atoms with Crippen molar-refractivity contribution in [3.05, 3.63) is 83.4 Å². The second kappa shape index (κ2) is 13.3. The maximum atomic E-state index is 13.0. The molecule has 1 saturated heterocycles. The van der Waals surface area contributed by atoms with Gasteiger partial charge in [0.2, 0.25) is 5.91 Å². The van der Waals surface area contributed by atoms with Crippen LogP contribution in [0.4, 0.5) is 0 Å². The molecule has 0 bridgehead atoms. The molecule has 9 heteroatoms. The molecule has 0 saturated carbocycles. The van der Waals surface area contributed by atoms with Gasteiger partial charge in [0.15, 0.2) is 11.5 Å². The summed E-state index contributed by atoms with van der Waals surface area (Å²) in [6, 6.07) is 20.4. The van der Waals surface area contributed by atoms with Crippen molar-refractivity contribution in [2.45, 2.75) is 19.4 Å². The van der Waals surface area contributed by atoms with Gasteiger partial charge >= 0.3 is 0 Å². The monoisotopic (exact) mass is 531 g/mol. The van der Waals surface area contributed by atoms with E-state index in [1.807, 2.05) is 42.5 Å². The van der Waals surface area contributed by atoms with Gasteiger partial charge in [-0.05, 0) is 54.3 Å². The van der Waals surface area contributed by atoms with Gasteiger partial charge in [-0.25, -0.2) is 5.43 Å². The SMILES string of the molecule is COc1cc(OC)cc(C(=O)N2CCC(C(=O)N/N=C\c3ccc(OCc4ccccc4)c(OC)c3)CC2)c1. The third-order valence-electron chi connectivity index (χ3n) is 6.56. The lowest BCUT2D eigenvalue weighted by Gasteiger charge is -2.31. The van der Waals surface area contributed by atoms with Crippen molar-refractivity contribution in [1.82, 2.24) is 10.3 Å². The molecule has 1 N–H and O–H groups in total. The van der Waals surface area contributed by atoms with Crippen LogP contribution in [0.3, 0.4) is 0 Å². The number of hydrogen-bond acceptors (Lipinski definition) is 7. The van der Waals surface area contributed by atoms with Crippen LogP contribution in [-0.4, -0.2) is 57.3 Å². The fraction of sp³-hybridized carbons (Fsp3) is 0.300. The van der Waals surface area contributed by atoms with E-state index in [2.05, 4.69) is 10.5 Å². The Hall–Kier alpha value is -4.53. The van der Waals surface area contributed by atoms with Gasteiger partial charge in [-0.3, -0.25) is 9.59 Å². The zero-order valence-electron chi connectivity index (χ0n) is 22.4. The molecule has 0 radical (unpaired) electrons. The van der Waals surface area contributed by atoms with Gasteiger partial charge in [0.1, 0.15) is 18.1 Å². The molecule has 0 atom stereocenters. The summed E-state index contributed by atoms with van der Waals surface area (Å²) in [7, 11) is 4.67. The standard InChI is InChI=1S/C30H33N3O6/c1-36-25-16-24(17-26(18-25)37-2)30(35)33-13-11-23(12-14-33)29(34)32-31-19-22-9-10-27(28(15-22)38-3)39-20-21-7-5-4-6-8-21/h4-10,15-19,23H,11-14,20H2,1-3H3,(H,32,34)/b31-19-. The minimum absolute atomic E-state index is 0.116. The molecule has 9 nitrogen and oxygen atoms in total. The number of piperidine rings is 1. The quantitative estimate of drug-likeness (QED) is 0.310. The van der Waals surface area contributed by atoms with Crippen LogP contribution in [0.25, 0.3) is 0 Å². The molecule has 0 unspecified atom stereocenters. The molecule has 1 fully saturated rings. The topological polar surface area (TPSA) is 98.7 Å². The Labute approximate surface area is 228 Å². The number of likely N-dealkylation sites (tertiary alicyclic amines) is 1. The van der Waals surface area contributed by atoms with Crippen LogP contribution in [0, 0.1) is 5.92 Å². The molecule has 4 rings (SSSR count). The summed E-state index contributed by atoms with van der Waals surface area (Å²) in [4.78, 5) is 27.4. The molecule has 2 amide bonds. The van der Waals surface area contributed by atoms with Gasteiger partial charge < -0.3 is 23.8 Å². The number of nitrogens with one attached hydrogen (secondary N) is 1. The molecule has 204 valence electrons. The first-order valence-corrected chi connectivity index (χ1v) is 12.7. The number of ether oxygens (including phenoxy) is 4. The van der Waals surface area contributed by atoms with Gasteiger partial charge in [0.25, 0.3) is 5.91 Å². The van der Waals surface area contributed by atoms with E-state index in [9.17, 15) is 9.59 Å². The van der Waals surface area contributed by atoms with Crippen LogP contribution < -0.4 is 24.4 Å². The molecule has 0 aromatic heterocycles. The molecular weight excluding hydrogens is 498 g/mol. The Morgan fingerprint density at radius 1 is 0.897 bits per heavy atom. The highest BCUT2D eigenvalue weighted by atomic mass is 16.5. The maximum Gasteiger partial charge on any atom is 0.254 e. The largest absolute Gasteiger partial charge is 0.497 e. The lowest BCUT2D eigenvalue weighted by atomic mass is 9.95. The average molecular weight is 532 g/mol. The maximum absolute atomic E-state index is 13.0. The van der Waals surface area contributed by atoms with Gasteiger partial charge in [0, 0.05) is 30.6 Å². The van der Waals surface area contributed by atoms with Crippen LogP contribution in [-0.2, 0) is 11.4 Å². The second-order valence-corrected chi connectivity index (χ2v) is 9.09. The first-order chi connectivity index (χ1) is 19.0. The Morgan fingerprint density at radius 2 is 1.59 bits per heavy atom. The van der Waals surface area contributed by atoms with Crippen LogP contribution in [0.1, 0.15) is 34.3 Å². The van der Waals surface area contributed by atoms with E-state index in [1.54, 1.807) is 56.7 Å². The van der Waals surface area contributed by atoms with Crippen LogP contribution >= 0.6 is 0 Å². The van der Waals surface area contributed by atoms with E-state index < -0.39 is 0 Å². The van der Waals surface area contributed by atoms with Gasteiger partial charge in [-0.15, -0.1) is 0 Å². The molecule has 3 aromatic rings. The second-order valence-electron chi connectivity index (χ2n) is 9.09. The average Bonchev–Trinajstić information content (AvgIpc) is 3.00. The highest BCUT2D eigenvalue weighted by Gasteiger charge is 2.28. The minimum Gasteiger partial charge on any atom is -0.497 e. The summed E-state index contributed by atoms with van der Waals surface area (Å²) in [5.41, 5.74) is 4.94. The van der Waals surface area contributed by atoms with Crippen molar-refractivity contribution in [1.29, 1.82) is 0 Å². The van der Waals surface area contributed by atoms with Crippen molar-refractivity contribution in [2.24, 2.45) is 11.0 Å². The van der Waals surface area contributed by atoms with E-state index in [0.29, 0.717) is 61.1 Å². The van der Waals surface area contributed by atoms with Crippen LogP contribution in [0.2, 0.25) is 0 Å². The van der Waals surface area contributed by atoms with E-state index >= 15 is 0 Å². The number of carbonyl (C=O) groups excluding carboxylic acids is 2. The zero-order valence-corrected chi connectivity index (χ0v) is 22.4. The first kappa shape index (κ1) is 27.5. The fourth-order valence-electron chi connectivity index (χ4n) is 4.34. The highest BCUT2D eigenvalue weighted by Crippen LogP contribution is 2.29. The first-order valence-electron chi connectivity index (χ1n) is 12.7. The third-order valence-corrected chi connectivity index (χ3v) is 6.56. The summed E-state index contributed by atoms with van der Waals surface area (Å²) in [5, 5.41) is 4.13. The Balaban J connectivity index is 1.28. The van der Waals surface area contributed by atoms with Crippen molar-refractivity contribution in [2.75, 3.05) is 34.4 Å². The lowest BCUT2D eigenvalue weighted by molar-refractivity contribution is -0.126. The zero-order chi connectivity index (χ0) is 27.6. The minimum atomic E-state index is -0.227. The number of rotatable bonds is 10. The van der Waals surface area contributed by atoms with Crippen molar-refractivity contribution in [3.63, 3.8) is 0 Å². The molecule has 0 spiro atoms. The summed E-state index contributed by atoms with van der Waals surface area (Å²) >= 11 is 0. The predicted octanol–water partition coefficient (Wildman–Crippen LogP) is 4.29. The number of hydrazone groups is 1. The van der Waals surface area contributed by atoms with Crippen molar-refractivity contribution < 1.29 is 28.5 Å². The number of methoxy groups -OCH3 is 3. The van der Waals surface area contributed by atoms with Gasteiger partial charge in [-0.1, -0.05) is 30.3 Å². The van der Waals surface area contributed by atoms with Gasteiger partial charge in [-0.2, -0.15) is 5.10 Å². The van der Waals surface area contributed by atoms with Crippen molar-refractivity contribution >= 4 is 18.0 Å². The number of nitrogens with zero attached hydrogens (tertiary/aromatic N) is 2. The molecule has 1 heterocycles. The predicted molar refractivity (Wildman–Crippen MR) is 148 cm³/mol. The van der Waals surface area contributed by atoms with E-state index in [-0.39, 0.29) is 17.7 Å². The van der Waals surface area contributed by atoms with E-state index in [1.165, 1.54) is 0 Å². The van der Waals surface area contributed by atoms with Gasteiger partial charge in [0.05, 0.1) is 27.5 Å². The summed E-state index contributed by atoms with van der Waals surface area (Å²) in [6.45, 7) is 1.38. The van der Waals surface area contributed by atoms with E-state index in [4.69, 9.17) is 18.9 Å².